The Hall–Kier alpha value is -3.23. The molecule has 0 saturated carbocycles. The summed E-state index contributed by atoms with van der Waals surface area (Å²) in [5.41, 5.74) is -1.69. The van der Waals surface area contributed by atoms with Gasteiger partial charge in [-0.3, -0.25) is 4.79 Å². The van der Waals surface area contributed by atoms with Gasteiger partial charge in [0.05, 0.1) is 17.4 Å². The first kappa shape index (κ1) is 18.6. The lowest BCUT2D eigenvalue weighted by Crippen LogP contribution is -2.21. The Labute approximate surface area is 150 Å². The van der Waals surface area contributed by atoms with Crippen LogP contribution in [0.25, 0.3) is 5.69 Å². The van der Waals surface area contributed by atoms with Gasteiger partial charge in [0, 0.05) is 11.8 Å². The summed E-state index contributed by atoms with van der Waals surface area (Å²) in [5, 5.41) is 5.76. The van der Waals surface area contributed by atoms with Gasteiger partial charge in [-0.05, 0) is 30.7 Å². The molecule has 1 aromatic heterocycles. The first-order valence-corrected chi connectivity index (χ1v) is 7.65. The Morgan fingerprint density at radius 2 is 1.70 bits per heavy atom. The fraction of sp³-hybridized carbons (Fsp3) is 0.111. The van der Waals surface area contributed by atoms with E-state index in [4.69, 9.17) is 0 Å². The van der Waals surface area contributed by atoms with Gasteiger partial charge in [0.15, 0.2) is 5.69 Å². The minimum atomic E-state index is -4.89. The molecule has 0 atom stereocenters. The SMILES string of the molecule is Cc1ccccc1-n1ncc(C(=O)Nc2cc(F)cc(F)c2)c1C(F)(F)F. The molecule has 27 heavy (non-hydrogen) atoms. The molecule has 4 nitrogen and oxygen atoms in total. The van der Waals surface area contributed by atoms with Gasteiger partial charge in [0.2, 0.25) is 0 Å². The van der Waals surface area contributed by atoms with E-state index < -0.39 is 35.0 Å². The standard InChI is InChI=1S/C18H12F5N3O/c1-10-4-2-3-5-15(10)26-16(18(21,22)23)14(9-24-26)17(27)25-13-7-11(19)6-12(20)8-13/h2-9H,1H3,(H,25,27). The molecule has 140 valence electrons. The maximum Gasteiger partial charge on any atom is 0.434 e. The highest BCUT2D eigenvalue weighted by Crippen LogP contribution is 2.34. The van der Waals surface area contributed by atoms with E-state index in [0.717, 1.165) is 18.3 Å². The van der Waals surface area contributed by atoms with E-state index in [-0.39, 0.29) is 11.4 Å². The van der Waals surface area contributed by atoms with E-state index in [1.165, 1.54) is 6.07 Å². The highest BCUT2D eigenvalue weighted by Gasteiger charge is 2.40. The molecule has 3 aromatic rings. The number of amides is 1. The van der Waals surface area contributed by atoms with Crippen molar-refractivity contribution >= 4 is 11.6 Å². The second-order valence-electron chi connectivity index (χ2n) is 5.72. The quantitative estimate of drug-likeness (QED) is 0.667. The van der Waals surface area contributed by atoms with Gasteiger partial charge in [-0.2, -0.15) is 18.3 Å². The van der Waals surface area contributed by atoms with Crippen LogP contribution in [0.5, 0.6) is 0 Å². The van der Waals surface area contributed by atoms with Crippen molar-refractivity contribution in [3.8, 4) is 5.69 Å². The van der Waals surface area contributed by atoms with Crippen LogP contribution in [0.4, 0.5) is 27.6 Å². The molecule has 0 bridgehead atoms. The summed E-state index contributed by atoms with van der Waals surface area (Å²) >= 11 is 0. The molecule has 0 unspecified atom stereocenters. The minimum Gasteiger partial charge on any atom is -0.322 e. The summed E-state index contributed by atoms with van der Waals surface area (Å²) in [6.45, 7) is 1.60. The average molecular weight is 381 g/mol. The monoisotopic (exact) mass is 381 g/mol. The number of halogens is 5. The smallest absolute Gasteiger partial charge is 0.322 e. The summed E-state index contributed by atoms with van der Waals surface area (Å²) in [7, 11) is 0. The number of benzene rings is 2. The van der Waals surface area contributed by atoms with E-state index in [0.29, 0.717) is 16.3 Å². The molecule has 1 N–H and O–H groups in total. The predicted octanol–water partition coefficient (Wildman–Crippen LogP) is 4.73. The minimum absolute atomic E-state index is 0.153. The van der Waals surface area contributed by atoms with Crippen molar-refractivity contribution in [1.29, 1.82) is 0 Å². The van der Waals surface area contributed by atoms with Crippen molar-refractivity contribution in [3.05, 3.63) is 77.1 Å². The largest absolute Gasteiger partial charge is 0.434 e. The molecule has 1 heterocycles. The number of carbonyl (C=O) groups excluding carboxylic acids is 1. The maximum absolute atomic E-state index is 13.6. The summed E-state index contributed by atoms with van der Waals surface area (Å²) in [6.07, 6.45) is -4.13. The lowest BCUT2D eigenvalue weighted by atomic mass is 10.1. The zero-order valence-corrected chi connectivity index (χ0v) is 13.8. The van der Waals surface area contributed by atoms with Gasteiger partial charge in [-0.1, -0.05) is 18.2 Å². The molecule has 0 aliphatic rings. The number of rotatable bonds is 3. The van der Waals surface area contributed by atoms with Gasteiger partial charge < -0.3 is 5.32 Å². The normalized spacial score (nSPS) is 11.5. The molecule has 1 amide bonds. The molecule has 0 saturated heterocycles. The van der Waals surface area contributed by atoms with Crippen LogP contribution >= 0.6 is 0 Å². The molecule has 2 aromatic carbocycles. The lowest BCUT2D eigenvalue weighted by molar-refractivity contribution is -0.143. The number of carbonyl (C=O) groups is 1. The zero-order chi connectivity index (χ0) is 19.8. The van der Waals surface area contributed by atoms with Gasteiger partial charge >= 0.3 is 6.18 Å². The van der Waals surface area contributed by atoms with Crippen LogP contribution in [0.2, 0.25) is 0 Å². The molecule has 0 spiro atoms. The number of anilines is 1. The number of para-hydroxylation sites is 1. The third-order valence-corrected chi connectivity index (χ3v) is 3.75. The Balaban J connectivity index is 2.05. The van der Waals surface area contributed by atoms with Gasteiger partial charge in [0.1, 0.15) is 11.6 Å². The van der Waals surface area contributed by atoms with E-state index in [2.05, 4.69) is 10.4 Å². The predicted molar refractivity (Wildman–Crippen MR) is 87.6 cm³/mol. The summed E-state index contributed by atoms with van der Waals surface area (Å²) in [5.74, 6) is -3.14. The van der Waals surface area contributed by atoms with Crippen molar-refractivity contribution in [2.24, 2.45) is 0 Å². The van der Waals surface area contributed by atoms with Crippen molar-refractivity contribution in [2.75, 3.05) is 5.32 Å². The van der Waals surface area contributed by atoms with E-state index in [1.54, 1.807) is 25.1 Å². The fourth-order valence-electron chi connectivity index (χ4n) is 2.60. The topological polar surface area (TPSA) is 46.9 Å². The van der Waals surface area contributed by atoms with E-state index >= 15 is 0 Å². The Morgan fingerprint density at radius 3 is 2.30 bits per heavy atom. The summed E-state index contributed by atoms with van der Waals surface area (Å²) in [4.78, 5) is 12.3. The Morgan fingerprint density at radius 1 is 1.07 bits per heavy atom. The second kappa shape index (κ2) is 6.82. The number of aryl methyl sites for hydroxylation is 1. The Kier molecular flexibility index (Phi) is 4.69. The number of nitrogens with one attached hydrogen (secondary N) is 1. The second-order valence-corrected chi connectivity index (χ2v) is 5.72. The number of nitrogens with zero attached hydrogens (tertiary/aromatic N) is 2. The number of alkyl halides is 3. The van der Waals surface area contributed by atoms with Crippen LogP contribution in [-0.2, 0) is 6.18 Å². The zero-order valence-electron chi connectivity index (χ0n) is 13.8. The van der Waals surface area contributed by atoms with Crippen LogP contribution in [0.1, 0.15) is 21.6 Å². The van der Waals surface area contributed by atoms with Crippen LogP contribution in [0.15, 0.2) is 48.7 Å². The van der Waals surface area contributed by atoms with Crippen LogP contribution in [0, 0.1) is 18.6 Å². The maximum atomic E-state index is 13.6. The molecule has 0 aliphatic carbocycles. The third-order valence-electron chi connectivity index (χ3n) is 3.75. The summed E-state index contributed by atoms with van der Waals surface area (Å²) < 4.78 is 68.0. The number of hydrogen-bond donors (Lipinski definition) is 1. The van der Waals surface area contributed by atoms with Crippen LogP contribution < -0.4 is 5.32 Å². The van der Waals surface area contributed by atoms with Crippen molar-refractivity contribution < 1.29 is 26.7 Å². The number of hydrogen-bond acceptors (Lipinski definition) is 2. The highest BCUT2D eigenvalue weighted by molar-refractivity contribution is 6.05. The molecule has 0 fully saturated rings. The molecule has 3 rings (SSSR count). The van der Waals surface area contributed by atoms with Gasteiger partial charge in [0.25, 0.3) is 5.91 Å². The molecule has 0 radical (unpaired) electrons. The molecule has 9 heteroatoms. The third kappa shape index (κ3) is 3.81. The number of aromatic nitrogens is 2. The first-order chi connectivity index (χ1) is 12.7. The lowest BCUT2D eigenvalue weighted by Gasteiger charge is -2.14. The van der Waals surface area contributed by atoms with E-state index in [9.17, 15) is 26.7 Å². The fourth-order valence-corrected chi connectivity index (χ4v) is 2.60. The van der Waals surface area contributed by atoms with Crippen molar-refractivity contribution in [3.63, 3.8) is 0 Å². The van der Waals surface area contributed by atoms with Gasteiger partial charge in [-0.25, -0.2) is 13.5 Å². The van der Waals surface area contributed by atoms with Crippen LogP contribution in [-0.4, -0.2) is 15.7 Å². The van der Waals surface area contributed by atoms with Crippen molar-refractivity contribution in [1.82, 2.24) is 9.78 Å². The van der Waals surface area contributed by atoms with E-state index in [1.807, 2.05) is 0 Å². The molecular formula is C18H12F5N3O. The van der Waals surface area contributed by atoms with Crippen LogP contribution in [0.3, 0.4) is 0 Å². The average Bonchev–Trinajstić information content (AvgIpc) is 2.99. The highest BCUT2D eigenvalue weighted by atomic mass is 19.4. The first-order valence-electron chi connectivity index (χ1n) is 7.65. The molecular weight excluding hydrogens is 369 g/mol. The summed E-state index contributed by atoms with van der Waals surface area (Å²) in [6, 6.07) is 8.39. The van der Waals surface area contributed by atoms with Crippen molar-refractivity contribution in [2.45, 2.75) is 13.1 Å². The van der Waals surface area contributed by atoms with Gasteiger partial charge in [-0.15, -0.1) is 0 Å². The Bertz CT molecular complexity index is 990. The molecule has 0 aliphatic heterocycles.